The number of rotatable bonds is 7. The monoisotopic (exact) mass is 425 g/mol. The summed E-state index contributed by atoms with van der Waals surface area (Å²) in [6.07, 6.45) is 7.03. The predicted molar refractivity (Wildman–Crippen MR) is 138 cm³/mol. The number of aromatic hydroxyl groups is 1. The van der Waals surface area contributed by atoms with Gasteiger partial charge in [0.05, 0.1) is 5.41 Å². The van der Waals surface area contributed by atoms with E-state index in [0.29, 0.717) is 5.75 Å². The SMILES string of the molecule is C=CCC1(C)C(C=Cc2ccc(N(CC)CC)cc2O)=[N+](C)c2ccc3ccccc3c21. The molecule has 1 N–H and O–H groups in total. The van der Waals surface area contributed by atoms with E-state index in [0.717, 1.165) is 30.8 Å². The van der Waals surface area contributed by atoms with Gasteiger partial charge in [-0.15, -0.1) is 6.58 Å². The maximum absolute atomic E-state index is 10.7. The van der Waals surface area contributed by atoms with Gasteiger partial charge in [0.15, 0.2) is 5.71 Å². The first kappa shape index (κ1) is 21.9. The highest BCUT2D eigenvalue weighted by Gasteiger charge is 2.46. The van der Waals surface area contributed by atoms with Crippen molar-refractivity contribution in [3.63, 3.8) is 0 Å². The smallest absolute Gasteiger partial charge is 0.210 e. The highest BCUT2D eigenvalue weighted by atomic mass is 16.3. The third-order valence-electron chi connectivity index (χ3n) is 6.86. The molecule has 1 unspecified atom stereocenters. The molecule has 4 rings (SSSR count). The lowest BCUT2D eigenvalue weighted by Crippen LogP contribution is -2.30. The van der Waals surface area contributed by atoms with Gasteiger partial charge in [-0.3, -0.25) is 0 Å². The Kier molecular flexibility index (Phi) is 5.92. The van der Waals surface area contributed by atoms with Crippen molar-refractivity contribution in [2.45, 2.75) is 32.6 Å². The number of hydrogen-bond donors (Lipinski definition) is 1. The molecule has 0 radical (unpaired) electrons. The molecule has 0 saturated carbocycles. The Labute approximate surface area is 191 Å². The van der Waals surface area contributed by atoms with Gasteiger partial charge in [0.25, 0.3) is 0 Å². The highest BCUT2D eigenvalue weighted by Crippen LogP contribution is 2.46. The predicted octanol–water partition coefficient (Wildman–Crippen LogP) is 6.67. The molecule has 32 heavy (non-hydrogen) atoms. The zero-order chi connectivity index (χ0) is 22.9. The van der Waals surface area contributed by atoms with Crippen LogP contribution in [0.25, 0.3) is 16.8 Å². The van der Waals surface area contributed by atoms with Crippen LogP contribution >= 0.6 is 0 Å². The first-order chi connectivity index (χ1) is 15.4. The van der Waals surface area contributed by atoms with Crippen molar-refractivity contribution in [2.24, 2.45) is 0 Å². The van der Waals surface area contributed by atoms with Crippen LogP contribution in [0, 0.1) is 0 Å². The summed E-state index contributed by atoms with van der Waals surface area (Å²) < 4.78 is 2.28. The van der Waals surface area contributed by atoms with Crippen molar-refractivity contribution >= 4 is 33.9 Å². The molecule has 0 fully saturated rings. The summed E-state index contributed by atoms with van der Waals surface area (Å²) >= 11 is 0. The fourth-order valence-electron chi connectivity index (χ4n) is 5.17. The molecule has 0 bridgehead atoms. The van der Waals surface area contributed by atoms with E-state index in [1.54, 1.807) is 0 Å². The van der Waals surface area contributed by atoms with Gasteiger partial charge in [-0.1, -0.05) is 30.3 Å². The maximum Gasteiger partial charge on any atom is 0.210 e. The van der Waals surface area contributed by atoms with Crippen LogP contribution in [0.1, 0.15) is 38.3 Å². The Morgan fingerprint density at radius 1 is 1.03 bits per heavy atom. The van der Waals surface area contributed by atoms with E-state index in [9.17, 15) is 5.11 Å². The minimum atomic E-state index is -0.194. The fraction of sp³-hybridized carbons (Fsp3) is 0.276. The Balaban J connectivity index is 1.78. The van der Waals surface area contributed by atoms with Crippen LogP contribution in [-0.4, -0.2) is 35.5 Å². The quantitative estimate of drug-likeness (QED) is 0.338. The highest BCUT2D eigenvalue weighted by molar-refractivity contribution is 6.09. The fourth-order valence-corrected chi connectivity index (χ4v) is 5.17. The molecule has 3 heteroatoms. The molecule has 0 aliphatic carbocycles. The summed E-state index contributed by atoms with van der Waals surface area (Å²) in [6.45, 7) is 12.4. The Morgan fingerprint density at radius 2 is 1.78 bits per heavy atom. The van der Waals surface area contributed by atoms with Gasteiger partial charge < -0.3 is 10.0 Å². The van der Waals surface area contributed by atoms with Crippen LogP contribution in [0.4, 0.5) is 11.4 Å². The molecule has 0 saturated heterocycles. The standard InChI is InChI=1S/C29H32N2O/c1-6-19-29(4)27(18-15-22-13-16-23(20-26(22)32)31(7-2)8-3)30(5)25-17-14-21-11-9-10-12-24(21)28(25)29/h6,9-18,20H,1,7-8,19H2,2-5H3/p+1. The zero-order valence-corrected chi connectivity index (χ0v) is 19.6. The van der Waals surface area contributed by atoms with E-state index < -0.39 is 0 Å². The van der Waals surface area contributed by atoms with Crippen LogP contribution < -0.4 is 4.90 Å². The van der Waals surface area contributed by atoms with Gasteiger partial charge >= 0.3 is 0 Å². The number of phenols is 1. The number of allylic oxidation sites excluding steroid dienone is 2. The molecule has 1 heterocycles. The molecule has 3 aromatic carbocycles. The second-order valence-corrected chi connectivity index (χ2v) is 8.70. The van der Waals surface area contributed by atoms with E-state index >= 15 is 0 Å². The van der Waals surface area contributed by atoms with Crippen LogP contribution in [0.5, 0.6) is 5.75 Å². The molecule has 1 aliphatic heterocycles. The number of phenolic OH excluding ortho intramolecular Hbond substituents is 1. The Bertz CT molecular complexity index is 1230. The van der Waals surface area contributed by atoms with E-state index in [1.165, 1.54) is 27.7 Å². The van der Waals surface area contributed by atoms with Gasteiger partial charge in [0.1, 0.15) is 12.8 Å². The van der Waals surface area contributed by atoms with Crippen molar-refractivity contribution in [1.82, 2.24) is 0 Å². The number of nitrogens with zero attached hydrogens (tertiary/aromatic N) is 2. The van der Waals surface area contributed by atoms with Crippen LogP contribution in [0.15, 0.2) is 73.3 Å². The topological polar surface area (TPSA) is 26.5 Å². The second kappa shape index (κ2) is 8.66. The molecule has 0 spiro atoms. The van der Waals surface area contributed by atoms with E-state index in [4.69, 9.17) is 0 Å². The minimum Gasteiger partial charge on any atom is -0.507 e. The van der Waals surface area contributed by atoms with E-state index in [1.807, 2.05) is 24.3 Å². The molecule has 1 aliphatic rings. The van der Waals surface area contributed by atoms with Gasteiger partial charge in [-0.25, -0.2) is 0 Å². The first-order valence-electron chi connectivity index (χ1n) is 11.4. The average molecular weight is 426 g/mol. The Morgan fingerprint density at radius 3 is 2.47 bits per heavy atom. The lowest BCUT2D eigenvalue weighted by molar-refractivity contribution is -0.401. The summed E-state index contributed by atoms with van der Waals surface area (Å²) in [4.78, 5) is 2.23. The average Bonchev–Trinajstić information content (AvgIpc) is 3.01. The zero-order valence-electron chi connectivity index (χ0n) is 19.6. The molecule has 3 nitrogen and oxygen atoms in total. The third-order valence-corrected chi connectivity index (χ3v) is 6.86. The van der Waals surface area contributed by atoms with E-state index in [-0.39, 0.29) is 5.41 Å². The minimum absolute atomic E-state index is 0.194. The maximum atomic E-state index is 10.7. The largest absolute Gasteiger partial charge is 0.507 e. The molecule has 1 atom stereocenters. The van der Waals surface area contributed by atoms with Crippen LogP contribution in [0.3, 0.4) is 0 Å². The lowest BCUT2D eigenvalue weighted by Gasteiger charge is -2.22. The summed E-state index contributed by atoms with van der Waals surface area (Å²) in [5, 5.41) is 13.2. The molecule has 0 amide bonds. The normalized spacial score (nSPS) is 17.9. The van der Waals surface area contributed by atoms with Gasteiger partial charge in [0, 0.05) is 48.1 Å². The van der Waals surface area contributed by atoms with Crippen LogP contribution in [-0.2, 0) is 5.41 Å². The van der Waals surface area contributed by atoms with Crippen LogP contribution in [0.2, 0.25) is 0 Å². The van der Waals surface area contributed by atoms with Gasteiger partial charge in [0.2, 0.25) is 5.69 Å². The molecular formula is C29H33N2O+. The van der Waals surface area contributed by atoms with Crippen molar-refractivity contribution in [1.29, 1.82) is 0 Å². The molecule has 164 valence electrons. The van der Waals surface area contributed by atoms with Crippen molar-refractivity contribution in [2.75, 3.05) is 25.0 Å². The Hall–Kier alpha value is -3.33. The van der Waals surface area contributed by atoms with Gasteiger partial charge in [-0.05, 0) is 62.2 Å². The molecule has 0 aromatic heterocycles. The first-order valence-corrected chi connectivity index (χ1v) is 11.4. The molecule has 3 aromatic rings. The third kappa shape index (κ3) is 3.52. The van der Waals surface area contributed by atoms with E-state index in [2.05, 4.69) is 92.4 Å². The number of hydrogen-bond acceptors (Lipinski definition) is 2. The summed E-state index contributed by atoms with van der Waals surface area (Å²) in [7, 11) is 2.13. The lowest BCUT2D eigenvalue weighted by atomic mass is 9.74. The van der Waals surface area contributed by atoms with Crippen molar-refractivity contribution < 1.29 is 9.68 Å². The van der Waals surface area contributed by atoms with Crippen molar-refractivity contribution in [3.8, 4) is 5.75 Å². The summed E-state index contributed by atoms with van der Waals surface area (Å²) in [5.41, 5.74) is 5.46. The van der Waals surface area contributed by atoms with Gasteiger partial charge in [-0.2, -0.15) is 4.58 Å². The second-order valence-electron chi connectivity index (χ2n) is 8.70. The molecular weight excluding hydrogens is 392 g/mol. The number of anilines is 1. The summed E-state index contributed by atoms with van der Waals surface area (Å²) in [6, 6.07) is 19.0. The summed E-state index contributed by atoms with van der Waals surface area (Å²) in [5.74, 6) is 0.306. The number of fused-ring (bicyclic) bond motifs is 3. The van der Waals surface area contributed by atoms with Crippen molar-refractivity contribution in [3.05, 3.63) is 84.5 Å². The number of benzene rings is 3.